The monoisotopic (exact) mass is 287 g/mol. The lowest BCUT2D eigenvalue weighted by Gasteiger charge is -2.26. The van der Waals surface area contributed by atoms with E-state index in [4.69, 9.17) is 5.11 Å². The molecule has 0 bridgehead atoms. The van der Waals surface area contributed by atoms with E-state index in [2.05, 4.69) is 10.6 Å². The van der Waals surface area contributed by atoms with E-state index in [1.54, 1.807) is 0 Å². The van der Waals surface area contributed by atoms with E-state index in [0.29, 0.717) is 6.42 Å². The fraction of sp³-hybridized carbons (Fsp3) is 0.750. The number of hydrogen-bond acceptors (Lipinski definition) is 4. The van der Waals surface area contributed by atoms with Crippen molar-refractivity contribution in [2.24, 2.45) is 0 Å². The summed E-state index contributed by atoms with van der Waals surface area (Å²) < 4.78 is 13.5. The van der Waals surface area contributed by atoms with Gasteiger partial charge in [-0.25, -0.2) is 4.39 Å². The van der Waals surface area contributed by atoms with Crippen LogP contribution in [0.4, 0.5) is 4.39 Å². The van der Waals surface area contributed by atoms with Crippen molar-refractivity contribution in [2.45, 2.75) is 37.5 Å². The molecule has 0 aromatic carbocycles. The standard InChI is InChI=1S/C12H18FN3O4/c13-7-4-9(11(19)15-5-10(17)18)16(6-7)12(20)8-2-1-3-14-8/h7-9,14H,1-6H2,(H,15,19)(H,17,18)/t7-,8+,9+/m1/s1. The Labute approximate surface area is 115 Å². The number of aliphatic carboxylic acids is 1. The number of rotatable bonds is 4. The predicted molar refractivity (Wildman–Crippen MR) is 66.7 cm³/mol. The van der Waals surface area contributed by atoms with Crippen LogP contribution in [0.15, 0.2) is 0 Å². The molecule has 3 N–H and O–H groups in total. The molecule has 2 rings (SSSR count). The van der Waals surface area contributed by atoms with Crippen LogP contribution in [0.25, 0.3) is 0 Å². The van der Waals surface area contributed by atoms with E-state index in [0.717, 1.165) is 13.0 Å². The smallest absolute Gasteiger partial charge is 0.322 e. The van der Waals surface area contributed by atoms with Crippen molar-refractivity contribution in [1.29, 1.82) is 0 Å². The quantitative estimate of drug-likeness (QED) is 0.608. The van der Waals surface area contributed by atoms with E-state index in [-0.39, 0.29) is 24.9 Å². The Balaban J connectivity index is 2.00. The fourth-order valence-electron chi connectivity index (χ4n) is 2.65. The first kappa shape index (κ1) is 14.7. The van der Waals surface area contributed by atoms with E-state index < -0.39 is 30.6 Å². The van der Waals surface area contributed by atoms with Crippen LogP contribution in [0.3, 0.4) is 0 Å². The Morgan fingerprint density at radius 1 is 1.40 bits per heavy atom. The zero-order valence-corrected chi connectivity index (χ0v) is 11.0. The number of likely N-dealkylation sites (tertiary alicyclic amines) is 1. The Bertz CT molecular complexity index is 412. The number of nitrogens with one attached hydrogen (secondary N) is 2. The number of halogens is 1. The normalized spacial score (nSPS) is 29.4. The van der Waals surface area contributed by atoms with Crippen molar-refractivity contribution in [3.8, 4) is 0 Å². The number of carbonyl (C=O) groups is 3. The van der Waals surface area contributed by atoms with Gasteiger partial charge >= 0.3 is 5.97 Å². The molecule has 2 aliphatic heterocycles. The van der Waals surface area contributed by atoms with Gasteiger partial charge in [0.25, 0.3) is 0 Å². The lowest BCUT2D eigenvalue weighted by atomic mass is 10.1. The molecular formula is C12H18FN3O4. The average molecular weight is 287 g/mol. The van der Waals surface area contributed by atoms with Crippen molar-refractivity contribution in [3.05, 3.63) is 0 Å². The highest BCUT2D eigenvalue weighted by Crippen LogP contribution is 2.23. The summed E-state index contributed by atoms with van der Waals surface area (Å²) in [4.78, 5) is 35.8. The van der Waals surface area contributed by atoms with Crippen molar-refractivity contribution >= 4 is 17.8 Å². The first-order valence-corrected chi connectivity index (χ1v) is 6.66. The van der Waals surface area contributed by atoms with Gasteiger partial charge < -0.3 is 20.6 Å². The largest absolute Gasteiger partial charge is 0.480 e. The highest BCUT2D eigenvalue weighted by atomic mass is 19.1. The number of nitrogens with zero attached hydrogens (tertiary/aromatic N) is 1. The number of amides is 2. The first-order chi connectivity index (χ1) is 9.49. The molecule has 2 aliphatic rings. The lowest BCUT2D eigenvalue weighted by Crippen LogP contribution is -2.51. The topological polar surface area (TPSA) is 98.7 Å². The minimum Gasteiger partial charge on any atom is -0.480 e. The van der Waals surface area contributed by atoms with Crippen LogP contribution in [0.1, 0.15) is 19.3 Å². The highest BCUT2D eigenvalue weighted by molar-refractivity contribution is 5.91. The molecule has 112 valence electrons. The van der Waals surface area contributed by atoms with Crippen molar-refractivity contribution in [1.82, 2.24) is 15.5 Å². The van der Waals surface area contributed by atoms with Gasteiger partial charge in [-0.1, -0.05) is 0 Å². The maximum absolute atomic E-state index is 13.5. The van der Waals surface area contributed by atoms with Gasteiger partial charge in [0.15, 0.2) is 0 Å². The zero-order valence-electron chi connectivity index (χ0n) is 11.0. The molecule has 3 atom stereocenters. The van der Waals surface area contributed by atoms with Crippen LogP contribution in [0.5, 0.6) is 0 Å². The average Bonchev–Trinajstić information content (AvgIpc) is 3.04. The minimum atomic E-state index is -1.25. The number of alkyl halides is 1. The van der Waals surface area contributed by atoms with Crippen molar-refractivity contribution in [2.75, 3.05) is 19.6 Å². The molecule has 2 amide bonds. The summed E-state index contributed by atoms with van der Waals surface area (Å²) in [6.07, 6.45) is 0.222. The van der Waals surface area contributed by atoms with Crippen LogP contribution < -0.4 is 10.6 Å². The first-order valence-electron chi connectivity index (χ1n) is 6.66. The highest BCUT2D eigenvalue weighted by Gasteiger charge is 2.42. The molecule has 0 spiro atoms. The van der Waals surface area contributed by atoms with Gasteiger partial charge in [-0.15, -0.1) is 0 Å². The van der Waals surface area contributed by atoms with Gasteiger partial charge in [-0.3, -0.25) is 14.4 Å². The Morgan fingerprint density at radius 3 is 2.75 bits per heavy atom. The van der Waals surface area contributed by atoms with Gasteiger partial charge in [-0.2, -0.15) is 0 Å². The molecule has 0 aromatic rings. The molecule has 2 fully saturated rings. The molecule has 20 heavy (non-hydrogen) atoms. The van der Waals surface area contributed by atoms with E-state index in [1.807, 2.05) is 0 Å². The summed E-state index contributed by atoms with van der Waals surface area (Å²) in [6, 6.07) is -1.28. The van der Waals surface area contributed by atoms with Gasteiger partial charge in [0.05, 0.1) is 12.6 Å². The fourth-order valence-corrected chi connectivity index (χ4v) is 2.65. The SMILES string of the molecule is O=C(O)CNC(=O)[C@@H]1C[C@@H](F)CN1C(=O)[C@@H]1CCCN1. The van der Waals surface area contributed by atoms with Crippen molar-refractivity contribution < 1.29 is 23.9 Å². The van der Waals surface area contributed by atoms with Crippen LogP contribution in [0, 0.1) is 0 Å². The molecule has 0 radical (unpaired) electrons. The maximum Gasteiger partial charge on any atom is 0.322 e. The zero-order chi connectivity index (χ0) is 14.7. The van der Waals surface area contributed by atoms with E-state index in [1.165, 1.54) is 4.90 Å². The van der Waals surface area contributed by atoms with Gasteiger partial charge in [-0.05, 0) is 19.4 Å². The second-order valence-corrected chi connectivity index (χ2v) is 5.10. The second-order valence-electron chi connectivity index (χ2n) is 5.10. The molecule has 0 unspecified atom stereocenters. The van der Waals surface area contributed by atoms with Gasteiger partial charge in [0.2, 0.25) is 11.8 Å². The minimum absolute atomic E-state index is 0.0795. The van der Waals surface area contributed by atoms with Crippen LogP contribution in [-0.4, -0.2) is 65.7 Å². The third-order valence-corrected chi connectivity index (χ3v) is 3.61. The van der Waals surface area contributed by atoms with Crippen LogP contribution in [-0.2, 0) is 14.4 Å². The Hall–Kier alpha value is -1.70. The lowest BCUT2D eigenvalue weighted by molar-refractivity contribution is -0.141. The summed E-state index contributed by atoms with van der Waals surface area (Å²) in [7, 11) is 0. The molecular weight excluding hydrogens is 269 g/mol. The Morgan fingerprint density at radius 2 is 2.15 bits per heavy atom. The summed E-state index contributed by atoms with van der Waals surface area (Å²) >= 11 is 0. The number of carboxylic acids is 1. The summed E-state index contributed by atoms with van der Waals surface area (Å²) in [5, 5.41) is 13.7. The van der Waals surface area contributed by atoms with Crippen molar-refractivity contribution in [3.63, 3.8) is 0 Å². The molecule has 2 saturated heterocycles. The molecule has 0 saturated carbocycles. The summed E-state index contributed by atoms with van der Waals surface area (Å²) in [5.74, 6) is -2.07. The van der Waals surface area contributed by atoms with Gasteiger partial charge in [0, 0.05) is 6.42 Å². The molecule has 2 heterocycles. The number of carboxylic acid groups (broad SMARTS) is 1. The molecule has 0 aromatic heterocycles. The van der Waals surface area contributed by atoms with E-state index in [9.17, 15) is 18.8 Å². The molecule has 8 heteroatoms. The summed E-state index contributed by atoms with van der Waals surface area (Å²) in [5.41, 5.74) is 0. The van der Waals surface area contributed by atoms with Crippen LogP contribution in [0.2, 0.25) is 0 Å². The predicted octanol–water partition coefficient (Wildman–Crippen LogP) is -1.12. The second kappa shape index (κ2) is 6.17. The van der Waals surface area contributed by atoms with Gasteiger partial charge in [0.1, 0.15) is 18.8 Å². The number of carbonyl (C=O) groups excluding carboxylic acids is 2. The third kappa shape index (κ3) is 3.24. The Kier molecular flexibility index (Phi) is 4.53. The van der Waals surface area contributed by atoms with Crippen LogP contribution >= 0.6 is 0 Å². The third-order valence-electron chi connectivity index (χ3n) is 3.61. The number of hydrogen-bond donors (Lipinski definition) is 3. The molecule has 7 nitrogen and oxygen atoms in total. The van der Waals surface area contributed by atoms with E-state index >= 15 is 0 Å². The summed E-state index contributed by atoms with van der Waals surface area (Å²) in [6.45, 7) is 0.0946. The maximum atomic E-state index is 13.5. The molecule has 0 aliphatic carbocycles.